The molecule has 0 amide bonds. The molecule has 10 heteroatoms. The molecule has 0 saturated heterocycles. The van der Waals surface area contributed by atoms with Gasteiger partial charge < -0.3 is 4.98 Å². The van der Waals surface area contributed by atoms with Gasteiger partial charge in [0.25, 0.3) is 5.56 Å². The maximum atomic E-state index is 13.5. The zero-order valence-electron chi connectivity index (χ0n) is 14.0. The molecule has 0 aliphatic rings. The molecular weight excluding hydrogens is 378 g/mol. The van der Waals surface area contributed by atoms with Gasteiger partial charge in [0.05, 0.1) is 5.56 Å². The van der Waals surface area contributed by atoms with Crippen molar-refractivity contribution in [1.82, 2.24) is 25.1 Å². The number of nitrogens with one attached hydrogen (secondary N) is 2. The van der Waals surface area contributed by atoms with Gasteiger partial charge in [-0.1, -0.05) is 0 Å². The van der Waals surface area contributed by atoms with E-state index in [-0.39, 0.29) is 22.4 Å². The Kier molecular flexibility index (Phi) is 4.17. The smallest absolute Gasteiger partial charge is 0.308 e. The summed E-state index contributed by atoms with van der Waals surface area (Å²) in [5.41, 5.74) is -0.717. The van der Waals surface area contributed by atoms with Gasteiger partial charge in [0.15, 0.2) is 0 Å². The number of H-pyrrole nitrogens is 2. The van der Waals surface area contributed by atoms with Gasteiger partial charge in [-0.15, -0.1) is 0 Å². The lowest BCUT2D eigenvalue weighted by molar-refractivity contribution is -0.138. The van der Waals surface area contributed by atoms with E-state index in [0.717, 1.165) is 12.1 Å². The largest absolute Gasteiger partial charge is 0.416 e. The first-order chi connectivity index (χ1) is 13.3. The lowest BCUT2D eigenvalue weighted by Gasteiger charge is -2.12. The fourth-order valence-electron chi connectivity index (χ4n) is 2.91. The second-order valence-electron chi connectivity index (χ2n) is 6.03. The SMILES string of the molecule is O=c1[nH]c(Cc2cc(F)ccc2C(F)(F)F)nc2c(-c3cccnc3)n[nH]c12. The Morgan fingerprint density at radius 3 is 2.68 bits per heavy atom. The standard InChI is InChI=1S/C18H11F4N5O/c19-11-3-4-12(18(20,21)22)10(6-11)7-13-24-15-14(9-2-1-5-23-8-9)26-27-16(15)17(28)25-13/h1-6,8H,7H2,(H,26,27)(H,24,25,28). The van der Waals surface area contributed by atoms with Crippen molar-refractivity contribution in [2.45, 2.75) is 12.6 Å². The van der Waals surface area contributed by atoms with Gasteiger partial charge in [0.1, 0.15) is 28.4 Å². The molecule has 0 bridgehead atoms. The molecule has 3 heterocycles. The molecule has 0 saturated carbocycles. The maximum absolute atomic E-state index is 13.5. The molecule has 1 aromatic carbocycles. The van der Waals surface area contributed by atoms with Crippen molar-refractivity contribution in [1.29, 1.82) is 0 Å². The Labute approximate surface area is 154 Å². The van der Waals surface area contributed by atoms with E-state index in [2.05, 4.69) is 25.1 Å². The van der Waals surface area contributed by atoms with Crippen LogP contribution >= 0.6 is 0 Å². The third-order valence-corrected chi connectivity index (χ3v) is 4.14. The summed E-state index contributed by atoms with van der Waals surface area (Å²) in [5, 5.41) is 6.62. The van der Waals surface area contributed by atoms with Crippen molar-refractivity contribution < 1.29 is 17.6 Å². The third kappa shape index (κ3) is 3.24. The van der Waals surface area contributed by atoms with Gasteiger partial charge in [0, 0.05) is 24.4 Å². The summed E-state index contributed by atoms with van der Waals surface area (Å²) >= 11 is 0. The first-order valence-corrected chi connectivity index (χ1v) is 8.06. The highest BCUT2D eigenvalue weighted by molar-refractivity contribution is 5.88. The lowest BCUT2D eigenvalue weighted by Crippen LogP contribution is -2.15. The fourth-order valence-corrected chi connectivity index (χ4v) is 2.91. The van der Waals surface area contributed by atoms with Crippen LogP contribution in [0.15, 0.2) is 47.5 Å². The van der Waals surface area contributed by atoms with Crippen LogP contribution in [-0.4, -0.2) is 25.1 Å². The molecule has 6 nitrogen and oxygen atoms in total. The Balaban J connectivity index is 1.83. The Bertz CT molecular complexity index is 1210. The highest BCUT2D eigenvalue weighted by Crippen LogP contribution is 2.33. The number of aromatic nitrogens is 5. The van der Waals surface area contributed by atoms with Gasteiger partial charge in [-0.05, 0) is 35.9 Å². The van der Waals surface area contributed by atoms with Gasteiger partial charge in [-0.2, -0.15) is 18.3 Å². The van der Waals surface area contributed by atoms with Gasteiger partial charge in [-0.25, -0.2) is 9.37 Å². The van der Waals surface area contributed by atoms with Gasteiger partial charge >= 0.3 is 6.18 Å². The normalized spacial score (nSPS) is 11.9. The summed E-state index contributed by atoms with van der Waals surface area (Å²) in [6, 6.07) is 5.57. The number of hydrogen-bond donors (Lipinski definition) is 2. The second kappa shape index (κ2) is 6.55. The molecular formula is C18H11F4N5O. The van der Waals surface area contributed by atoms with Crippen LogP contribution in [0.25, 0.3) is 22.3 Å². The summed E-state index contributed by atoms with van der Waals surface area (Å²) in [5.74, 6) is -0.856. The number of benzene rings is 1. The van der Waals surface area contributed by atoms with E-state index in [9.17, 15) is 22.4 Å². The fraction of sp³-hybridized carbons (Fsp3) is 0.111. The van der Waals surface area contributed by atoms with Crippen LogP contribution < -0.4 is 5.56 Å². The third-order valence-electron chi connectivity index (χ3n) is 4.14. The number of nitrogens with zero attached hydrogens (tertiary/aromatic N) is 3. The molecule has 0 fully saturated rings. The number of pyridine rings is 1. The minimum Gasteiger partial charge on any atom is -0.308 e. The molecule has 2 N–H and O–H groups in total. The van der Waals surface area contributed by atoms with Crippen LogP contribution in [-0.2, 0) is 12.6 Å². The Morgan fingerprint density at radius 1 is 1.14 bits per heavy atom. The van der Waals surface area contributed by atoms with Crippen LogP contribution in [0.5, 0.6) is 0 Å². The molecule has 0 aliphatic carbocycles. The maximum Gasteiger partial charge on any atom is 0.416 e. The van der Waals surface area contributed by atoms with E-state index < -0.39 is 29.5 Å². The Hall–Kier alpha value is -3.56. The number of hydrogen-bond acceptors (Lipinski definition) is 4. The molecule has 4 rings (SSSR count). The predicted octanol–water partition coefficient (Wildman–Crippen LogP) is 3.46. The minimum atomic E-state index is -4.66. The molecule has 0 atom stereocenters. The molecule has 0 aliphatic heterocycles. The lowest BCUT2D eigenvalue weighted by atomic mass is 10.0. The van der Waals surface area contributed by atoms with Crippen LogP contribution in [0.4, 0.5) is 17.6 Å². The van der Waals surface area contributed by atoms with Crippen LogP contribution in [0.2, 0.25) is 0 Å². The van der Waals surface area contributed by atoms with E-state index in [4.69, 9.17) is 0 Å². The molecule has 0 spiro atoms. The number of rotatable bonds is 3. The van der Waals surface area contributed by atoms with Crippen molar-refractivity contribution in [2.75, 3.05) is 0 Å². The minimum absolute atomic E-state index is 0.0415. The average molecular weight is 389 g/mol. The van der Waals surface area contributed by atoms with E-state index >= 15 is 0 Å². The summed E-state index contributed by atoms with van der Waals surface area (Å²) < 4.78 is 53.2. The zero-order valence-corrected chi connectivity index (χ0v) is 14.0. The van der Waals surface area contributed by atoms with Crippen LogP contribution in [0.3, 0.4) is 0 Å². The van der Waals surface area contributed by atoms with E-state index in [1.807, 2.05) is 0 Å². The number of aromatic amines is 2. The van der Waals surface area contributed by atoms with Crippen molar-refractivity contribution in [3.8, 4) is 11.3 Å². The second-order valence-corrected chi connectivity index (χ2v) is 6.03. The summed E-state index contributed by atoms with van der Waals surface area (Å²) in [4.78, 5) is 23.0. The van der Waals surface area contributed by atoms with Crippen LogP contribution in [0.1, 0.15) is 17.0 Å². The molecule has 0 unspecified atom stereocenters. The molecule has 0 radical (unpaired) electrons. The molecule has 142 valence electrons. The summed E-state index contributed by atoms with van der Waals surface area (Å²) in [6.45, 7) is 0. The van der Waals surface area contributed by atoms with Crippen molar-refractivity contribution in [2.24, 2.45) is 0 Å². The zero-order chi connectivity index (χ0) is 19.9. The van der Waals surface area contributed by atoms with E-state index in [1.165, 1.54) is 6.20 Å². The Morgan fingerprint density at radius 2 is 1.96 bits per heavy atom. The van der Waals surface area contributed by atoms with Crippen molar-refractivity contribution >= 4 is 11.0 Å². The predicted molar refractivity (Wildman–Crippen MR) is 91.9 cm³/mol. The first kappa shape index (κ1) is 17.8. The molecule has 28 heavy (non-hydrogen) atoms. The van der Waals surface area contributed by atoms with E-state index in [1.54, 1.807) is 18.3 Å². The average Bonchev–Trinajstić information content (AvgIpc) is 3.06. The summed E-state index contributed by atoms with van der Waals surface area (Å²) in [7, 11) is 0. The number of fused-ring (bicyclic) bond motifs is 1. The topological polar surface area (TPSA) is 87.3 Å². The molecule has 4 aromatic rings. The summed E-state index contributed by atoms with van der Waals surface area (Å²) in [6.07, 6.45) is -1.99. The molecule has 3 aromatic heterocycles. The van der Waals surface area contributed by atoms with Gasteiger partial charge in [-0.3, -0.25) is 14.9 Å². The monoisotopic (exact) mass is 389 g/mol. The van der Waals surface area contributed by atoms with Crippen molar-refractivity contribution in [3.63, 3.8) is 0 Å². The van der Waals surface area contributed by atoms with Gasteiger partial charge in [0.2, 0.25) is 0 Å². The highest BCUT2D eigenvalue weighted by atomic mass is 19.4. The van der Waals surface area contributed by atoms with Crippen LogP contribution in [0, 0.1) is 5.82 Å². The number of halogens is 4. The highest BCUT2D eigenvalue weighted by Gasteiger charge is 2.33. The van der Waals surface area contributed by atoms with E-state index in [0.29, 0.717) is 17.3 Å². The van der Waals surface area contributed by atoms with Crippen molar-refractivity contribution in [3.05, 3.63) is 75.8 Å². The first-order valence-electron chi connectivity index (χ1n) is 8.06. The number of alkyl halides is 3. The quantitative estimate of drug-likeness (QED) is 0.526.